The van der Waals surface area contributed by atoms with Crippen LogP contribution in [-0.2, 0) is 0 Å². The van der Waals surface area contributed by atoms with Crippen LogP contribution in [0.3, 0.4) is 0 Å². The van der Waals surface area contributed by atoms with Crippen molar-refractivity contribution in [2.24, 2.45) is 0 Å². The van der Waals surface area contributed by atoms with Gasteiger partial charge in [-0.1, -0.05) is 11.3 Å². The first-order valence-electron chi connectivity index (χ1n) is 9.89. The van der Waals surface area contributed by atoms with Gasteiger partial charge >= 0.3 is 0 Å². The Hall–Kier alpha value is -2.61. The van der Waals surface area contributed by atoms with Crippen molar-refractivity contribution in [1.29, 1.82) is 0 Å². The van der Waals surface area contributed by atoms with Gasteiger partial charge in [0.15, 0.2) is 10.9 Å². The van der Waals surface area contributed by atoms with Crippen LogP contribution in [0.1, 0.15) is 52.7 Å². The van der Waals surface area contributed by atoms with Gasteiger partial charge in [0, 0.05) is 49.2 Å². The fraction of sp³-hybridized carbons (Fsp3) is 0.450. The number of aromatic nitrogens is 4. The van der Waals surface area contributed by atoms with E-state index in [1.54, 1.807) is 0 Å². The topological polar surface area (TPSA) is 78.8 Å². The average Bonchev–Trinajstić information content (AvgIpc) is 3.12. The monoisotopic (exact) mass is 396 g/mol. The first-order chi connectivity index (χ1) is 13.7. The van der Waals surface area contributed by atoms with Crippen LogP contribution in [0.5, 0.6) is 0 Å². The first kappa shape index (κ1) is 17.5. The summed E-state index contributed by atoms with van der Waals surface area (Å²) in [4.78, 5) is 20.3. The third-order valence-electron chi connectivity index (χ3n) is 5.57. The van der Waals surface area contributed by atoms with E-state index in [4.69, 9.17) is 0 Å². The minimum absolute atomic E-state index is 0.0114. The molecule has 0 bridgehead atoms. The zero-order valence-electron chi connectivity index (χ0n) is 15.9. The SMILES string of the molecule is Cc1nc(-n2cccc2)sc1C(=O)NC1CCN(c2cc(C3CC3)[nH]n2)CC1. The van der Waals surface area contributed by atoms with Crippen LogP contribution in [0.4, 0.5) is 5.82 Å². The maximum Gasteiger partial charge on any atom is 0.263 e. The van der Waals surface area contributed by atoms with Crippen LogP contribution in [0, 0.1) is 6.92 Å². The molecule has 8 heteroatoms. The number of hydrogen-bond acceptors (Lipinski definition) is 5. The Morgan fingerprint density at radius 2 is 1.96 bits per heavy atom. The molecule has 3 aromatic rings. The van der Waals surface area contributed by atoms with Gasteiger partial charge in [0.2, 0.25) is 0 Å². The Labute approximate surface area is 167 Å². The van der Waals surface area contributed by atoms with E-state index in [1.807, 2.05) is 36.0 Å². The van der Waals surface area contributed by atoms with Crippen molar-refractivity contribution in [1.82, 2.24) is 25.1 Å². The summed E-state index contributed by atoms with van der Waals surface area (Å²) in [6.07, 6.45) is 8.30. The second-order valence-corrected chi connectivity index (χ2v) is 8.67. The largest absolute Gasteiger partial charge is 0.355 e. The van der Waals surface area contributed by atoms with Gasteiger partial charge in [0.25, 0.3) is 5.91 Å². The van der Waals surface area contributed by atoms with Gasteiger partial charge in [0.05, 0.1) is 5.69 Å². The maximum absolute atomic E-state index is 12.8. The lowest BCUT2D eigenvalue weighted by Gasteiger charge is -2.32. The molecular formula is C20H24N6OS. The van der Waals surface area contributed by atoms with Crippen LogP contribution in [0.2, 0.25) is 0 Å². The molecule has 2 N–H and O–H groups in total. The second-order valence-electron chi connectivity index (χ2n) is 7.69. The van der Waals surface area contributed by atoms with Gasteiger partial charge in [-0.05, 0) is 44.7 Å². The third-order valence-corrected chi connectivity index (χ3v) is 6.74. The molecule has 3 aromatic heterocycles. The van der Waals surface area contributed by atoms with Gasteiger partial charge in [-0.25, -0.2) is 4.98 Å². The zero-order chi connectivity index (χ0) is 19.1. The number of thiazole rings is 1. The smallest absolute Gasteiger partial charge is 0.263 e. The number of piperidine rings is 1. The summed E-state index contributed by atoms with van der Waals surface area (Å²) in [6.45, 7) is 3.72. The highest BCUT2D eigenvalue weighted by molar-refractivity contribution is 7.16. The quantitative estimate of drug-likeness (QED) is 0.694. The van der Waals surface area contributed by atoms with Gasteiger partial charge in [-0.15, -0.1) is 0 Å². The molecule has 0 aromatic carbocycles. The summed E-state index contributed by atoms with van der Waals surface area (Å²) in [6, 6.07) is 6.30. The van der Waals surface area contributed by atoms with Crippen molar-refractivity contribution < 1.29 is 4.79 Å². The summed E-state index contributed by atoms with van der Waals surface area (Å²) in [7, 11) is 0. The van der Waals surface area contributed by atoms with E-state index in [0.29, 0.717) is 10.8 Å². The number of rotatable bonds is 5. The van der Waals surface area contributed by atoms with E-state index in [0.717, 1.165) is 42.6 Å². The molecule has 5 rings (SSSR count). The highest BCUT2D eigenvalue weighted by Crippen LogP contribution is 2.40. The van der Waals surface area contributed by atoms with Crippen molar-refractivity contribution >= 4 is 23.1 Å². The number of H-pyrrole nitrogens is 1. The van der Waals surface area contributed by atoms with Gasteiger partial charge in [-0.3, -0.25) is 9.89 Å². The van der Waals surface area contributed by atoms with Crippen LogP contribution in [0.15, 0.2) is 30.6 Å². The number of anilines is 1. The van der Waals surface area contributed by atoms with E-state index in [-0.39, 0.29) is 11.9 Å². The van der Waals surface area contributed by atoms with Gasteiger partial charge in [-0.2, -0.15) is 5.10 Å². The summed E-state index contributed by atoms with van der Waals surface area (Å²) in [5.74, 6) is 1.72. The van der Waals surface area contributed by atoms with Crippen LogP contribution >= 0.6 is 11.3 Å². The fourth-order valence-corrected chi connectivity index (χ4v) is 4.70. The molecule has 0 atom stereocenters. The molecule has 0 unspecified atom stereocenters. The molecule has 1 aliphatic heterocycles. The Morgan fingerprint density at radius 3 is 2.68 bits per heavy atom. The normalized spacial score (nSPS) is 17.8. The van der Waals surface area contributed by atoms with E-state index in [1.165, 1.54) is 29.9 Å². The molecule has 2 fully saturated rings. The minimum atomic E-state index is -0.0114. The van der Waals surface area contributed by atoms with Crippen molar-refractivity contribution in [3.05, 3.63) is 46.9 Å². The van der Waals surface area contributed by atoms with E-state index >= 15 is 0 Å². The molecule has 4 heterocycles. The number of carbonyl (C=O) groups is 1. The summed E-state index contributed by atoms with van der Waals surface area (Å²) in [5.41, 5.74) is 2.05. The maximum atomic E-state index is 12.8. The Morgan fingerprint density at radius 1 is 1.21 bits per heavy atom. The number of hydrogen-bond donors (Lipinski definition) is 2. The average molecular weight is 397 g/mol. The number of nitrogens with zero attached hydrogens (tertiary/aromatic N) is 4. The van der Waals surface area contributed by atoms with Gasteiger partial charge < -0.3 is 14.8 Å². The molecule has 1 saturated heterocycles. The number of carbonyl (C=O) groups excluding carboxylic acids is 1. The van der Waals surface area contributed by atoms with Crippen molar-refractivity contribution in [3.63, 3.8) is 0 Å². The van der Waals surface area contributed by atoms with E-state index < -0.39 is 0 Å². The van der Waals surface area contributed by atoms with Crippen molar-refractivity contribution in [2.45, 2.75) is 44.6 Å². The van der Waals surface area contributed by atoms with Crippen LogP contribution in [-0.4, -0.2) is 44.8 Å². The standard InChI is InChI=1S/C20H24N6OS/c1-13-18(28-20(21-13)26-8-2-3-9-26)19(27)22-15-6-10-25(11-7-15)17-12-16(23-24-17)14-4-5-14/h2-3,8-9,12,14-15H,4-7,10-11H2,1H3,(H,22,27)(H,23,24). The van der Waals surface area contributed by atoms with E-state index in [2.05, 4.69) is 31.5 Å². The molecule has 28 heavy (non-hydrogen) atoms. The van der Waals surface area contributed by atoms with Crippen molar-refractivity contribution in [3.8, 4) is 5.13 Å². The predicted octanol–water partition coefficient (Wildman–Crippen LogP) is 3.24. The number of aromatic amines is 1. The first-order valence-corrected chi connectivity index (χ1v) is 10.7. The molecule has 146 valence electrons. The molecule has 0 radical (unpaired) electrons. The number of nitrogens with one attached hydrogen (secondary N) is 2. The van der Waals surface area contributed by atoms with Crippen LogP contribution in [0.25, 0.3) is 5.13 Å². The van der Waals surface area contributed by atoms with Crippen molar-refractivity contribution in [2.75, 3.05) is 18.0 Å². The highest BCUT2D eigenvalue weighted by Gasteiger charge is 2.28. The zero-order valence-corrected chi connectivity index (χ0v) is 16.7. The number of amides is 1. The fourth-order valence-electron chi connectivity index (χ4n) is 3.76. The lowest BCUT2D eigenvalue weighted by atomic mass is 10.0. The predicted molar refractivity (Wildman–Crippen MR) is 109 cm³/mol. The molecule has 1 saturated carbocycles. The molecule has 2 aliphatic rings. The molecule has 7 nitrogen and oxygen atoms in total. The summed E-state index contributed by atoms with van der Waals surface area (Å²) < 4.78 is 1.94. The highest BCUT2D eigenvalue weighted by atomic mass is 32.1. The third kappa shape index (κ3) is 3.44. The van der Waals surface area contributed by atoms with E-state index in [9.17, 15) is 4.79 Å². The molecular weight excluding hydrogens is 372 g/mol. The molecule has 1 aliphatic carbocycles. The second kappa shape index (κ2) is 7.09. The molecule has 0 spiro atoms. The molecule has 1 amide bonds. The van der Waals surface area contributed by atoms with Gasteiger partial charge in [0.1, 0.15) is 4.88 Å². The lowest BCUT2D eigenvalue weighted by Crippen LogP contribution is -2.44. The summed E-state index contributed by atoms with van der Waals surface area (Å²) >= 11 is 1.44. The Balaban J connectivity index is 1.19. The minimum Gasteiger partial charge on any atom is -0.355 e. The Bertz CT molecular complexity index is 963. The number of aryl methyl sites for hydroxylation is 1. The lowest BCUT2D eigenvalue weighted by molar-refractivity contribution is 0.0934. The summed E-state index contributed by atoms with van der Waals surface area (Å²) in [5, 5.41) is 11.7. The Kier molecular flexibility index (Phi) is 4.43. The van der Waals surface area contributed by atoms with Crippen LogP contribution < -0.4 is 10.2 Å².